The van der Waals surface area contributed by atoms with Crippen LogP contribution in [0.25, 0.3) is 0 Å². The lowest BCUT2D eigenvalue weighted by Gasteiger charge is -2.26. The van der Waals surface area contributed by atoms with Crippen molar-refractivity contribution in [1.29, 1.82) is 0 Å². The van der Waals surface area contributed by atoms with Gasteiger partial charge in [-0.15, -0.1) is 0 Å². The van der Waals surface area contributed by atoms with E-state index < -0.39 is 29.8 Å². The van der Waals surface area contributed by atoms with Gasteiger partial charge in [0.2, 0.25) is 0 Å². The molecule has 37 heavy (non-hydrogen) atoms. The number of benzene rings is 3. The van der Waals surface area contributed by atoms with Crippen molar-refractivity contribution in [1.82, 2.24) is 5.32 Å². The van der Waals surface area contributed by atoms with Crippen molar-refractivity contribution in [2.75, 3.05) is 6.54 Å². The van der Waals surface area contributed by atoms with Gasteiger partial charge in [-0.25, -0.2) is 9.59 Å². The number of aryl methyl sites for hydroxylation is 1. The first kappa shape index (κ1) is 27.7. The van der Waals surface area contributed by atoms with Gasteiger partial charge in [0.05, 0.1) is 5.56 Å². The Kier molecular flexibility index (Phi) is 8.60. The maximum atomic E-state index is 13.0. The zero-order valence-corrected chi connectivity index (χ0v) is 20.9. The van der Waals surface area contributed by atoms with Gasteiger partial charge in [-0.3, -0.25) is 0 Å². The molecule has 0 spiro atoms. The fourth-order valence-electron chi connectivity index (χ4n) is 3.18. The minimum absolute atomic E-state index is 0.0443. The summed E-state index contributed by atoms with van der Waals surface area (Å²) in [6, 6.07) is 19.5. The van der Waals surface area contributed by atoms with E-state index in [-0.39, 0.29) is 23.6 Å². The topological polar surface area (TPSA) is 73.9 Å². The van der Waals surface area contributed by atoms with Crippen LogP contribution in [0.1, 0.15) is 48.4 Å². The Hall–Kier alpha value is -3.85. The molecule has 6 nitrogen and oxygen atoms in total. The molecule has 1 unspecified atom stereocenters. The molecule has 1 atom stereocenters. The molecule has 0 saturated carbocycles. The van der Waals surface area contributed by atoms with Crippen LogP contribution >= 0.6 is 0 Å². The molecule has 196 valence electrons. The van der Waals surface area contributed by atoms with Crippen LogP contribution in [0.4, 0.5) is 13.2 Å². The number of rotatable bonds is 8. The first-order chi connectivity index (χ1) is 17.3. The summed E-state index contributed by atoms with van der Waals surface area (Å²) in [7, 11) is 0. The molecule has 0 aliphatic heterocycles. The number of nitrogens with one attached hydrogen (secondary N) is 1. The molecule has 3 rings (SSSR count). The second kappa shape index (κ2) is 11.5. The third kappa shape index (κ3) is 8.35. The summed E-state index contributed by atoms with van der Waals surface area (Å²) in [5.74, 6) is -2.43. The van der Waals surface area contributed by atoms with Gasteiger partial charge in [0.15, 0.2) is 11.5 Å². The SMILES string of the molecule is Cc1ccc(Oc2cc(C(CNC(C)(C)C)OC(=O)C(F)(F)F)ccc2OC(=O)c2ccccc2)cc1. The lowest BCUT2D eigenvalue weighted by molar-refractivity contribution is -0.205. The molecule has 0 heterocycles. The molecule has 0 saturated heterocycles. The lowest BCUT2D eigenvalue weighted by atomic mass is 10.1. The van der Waals surface area contributed by atoms with Crippen molar-refractivity contribution in [3.63, 3.8) is 0 Å². The first-order valence-corrected chi connectivity index (χ1v) is 11.5. The highest BCUT2D eigenvalue weighted by Crippen LogP contribution is 2.36. The average molecular weight is 516 g/mol. The number of hydrogen-bond donors (Lipinski definition) is 1. The Morgan fingerprint density at radius 1 is 0.892 bits per heavy atom. The minimum Gasteiger partial charge on any atom is -0.453 e. The van der Waals surface area contributed by atoms with Crippen molar-refractivity contribution in [2.45, 2.75) is 45.5 Å². The summed E-state index contributed by atoms with van der Waals surface area (Å²) in [6.07, 6.45) is -6.46. The van der Waals surface area contributed by atoms with Crippen LogP contribution in [-0.2, 0) is 9.53 Å². The molecule has 0 aliphatic rings. The van der Waals surface area contributed by atoms with Gasteiger partial charge in [0, 0.05) is 12.1 Å². The second-order valence-corrected chi connectivity index (χ2v) is 9.40. The smallest absolute Gasteiger partial charge is 0.453 e. The van der Waals surface area contributed by atoms with Gasteiger partial charge in [-0.2, -0.15) is 13.2 Å². The Morgan fingerprint density at radius 3 is 2.14 bits per heavy atom. The average Bonchev–Trinajstić information content (AvgIpc) is 2.83. The molecule has 0 bridgehead atoms. The summed E-state index contributed by atoms with van der Waals surface area (Å²) in [6.45, 7) is 7.28. The summed E-state index contributed by atoms with van der Waals surface area (Å²) in [4.78, 5) is 24.3. The predicted octanol–water partition coefficient (Wildman–Crippen LogP) is 6.54. The van der Waals surface area contributed by atoms with E-state index in [0.717, 1.165) is 5.56 Å². The van der Waals surface area contributed by atoms with E-state index in [1.54, 1.807) is 42.5 Å². The number of alkyl halides is 3. The maximum absolute atomic E-state index is 13.0. The first-order valence-electron chi connectivity index (χ1n) is 11.5. The van der Waals surface area contributed by atoms with Crippen LogP contribution in [0.5, 0.6) is 17.2 Å². The van der Waals surface area contributed by atoms with E-state index in [9.17, 15) is 22.8 Å². The summed E-state index contributed by atoms with van der Waals surface area (Å²) < 4.78 is 55.3. The van der Waals surface area contributed by atoms with Crippen LogP contribution < -0.4 is 14.8 Å². The van der Waals surface area contributed by atoms with Crippen molar-refractivity contribution in [3.05, 3.63) is 89.5 Å². The quantitative estimate of drug-likeness (QED) is 0.271. The number of halogens is 3. The third-order valence-electron chi connectivity index (χ3n) is 5.10. The molecule has 0 radical (unpaired) electrons. The fourth-order valence-corrected chi connectivity index (χ4v) is 3.18. The van der Waals surface area contributed by atoms with Crippen molar-refractivity contribution in [2.24, 2.45) is 0 Å². The van der Waals surface area contributed by atoms with E-state index in [4.69, 9.17) is 14.2 Å². The van der Waals surface area contributed by atoms with Crippen LogP contribution in [0.2, 0.25) is 0 Å². The molecular weight excluding hydrogens is 487 g/mol. The molecule has 0 aromatic heterocycles. The molecule has 0 fully saturated rings. The van der Waals surface area contributed by atoms with Crippen molar-refractivity contribution in [3.8, 4) is 17.2 Å². The van der Waals surface area contributed by atoms with Crippen LogP contribution in [-0.4, -0.2) is 30.2 Å². The zero-order valence-electron chi connectivity index (χ0n) is 20.9. The van der Waals surface area contributed by atoms with Crippen LogP contribution in [0.15, 0.2) is 72.8 Å². The molecule has 0 amide bonds. The highest BCUT2D eigenvalue weighted by atomic mass is 19.4. The predicted molar refractivity (Wildman–Crippen MR) is 132 cm³/mol. The third-order valence-corrected chi connectivity index (χ3v) is 5.10. The number of carbonyl (C=O) groups is 2. The summed E-state index contributed by atoms with van der Waals surface area (Å²) in [5, 5.41) is 3.05. The Bertz CT molecular complexity index is 1220. The largest absolute Gasteiger partial charge is 0.490 e. The van der Waals surface area contributed by atoms with E-state index in [1.807, 2.05) is 39.8 Å². The number of carbonyl (C=O) groups excluding carboxylic acids is 2. The Labute approximate surface area is 213 Å². The van der Waals surface area contributed by atoms with E-state index >= 15 is 0 Å². The van der Waals surface area contributed by atoms with E-state index in [1.165, 1.54) is 18.2 Å². The molecule has 0 aliphatic carbocycles. The highest BCUT2D eigenvalue weighted by molar-refractivity contribution is 5.91. The molecule has 3 aromatic carbocycles. The molecular formula is C28H28F3NO5. The van der Waals surface area contributed by atoms with Crippen LogP contribution in [0.3, 0.4) is 0 Å². The lowest BCUT2D eigenvalue weighted by Crippen LogP contribution is -2.40. The normalized spacial score (nSPS) is 12.5. The van der Waals surface area contributed by atoms with Crippen molar-refractivity contribution < 1.29 is 37.0 Å². The summed E-state index contributed by atoms with van der Waals surface area (Å²) >= 11 is 0. The summed E-state index contributed by atoms with van der Waals surface area (Å²) in [5.41, 5.74) is 1.05. The monoisotopic (exact) mass is 515 g/mol. The van der Waals surface area contributed by atoms with Gasteiger partial charge in [-0.1, -0.05) is 42.0 Å². The zero-order chi connectivity index (χ0) is 27.2. The number of ether oxygens (including phenoxy) is 3. The minimum atomic E-state index is -5.16. The second-order valence-electron chi connectivity index (χ2n) is 9.40. The van der Waals surface area contributed by atoms with Gasteiger partial charge in [0.1, 0.15) is 11.9 Å². The van der Waals surface area contributed by atoms with Gasteiger partial charge in [0.25, 0.3) is 0 Å². The fraction of sp³-hybridized carbons (Fsp3) is 0.286. The maximum Gasteiger partial charge on any atom is 0.490 e. The van der Waals surface area contributed by atoms with E-state index in [0.29, 0.717) is 11.3 Å². The Morgan fingerprint density at radius 2 is 1.54 bits per heavy atom. The van der Waals surface area contributed by atoms with Crippen molar-refractivity contribution >= 4 is 11.9 Å². The molecule has 1 N–H and O–H groups in total. The number of hydrogen-bond acceptors (Lipinski definition) is 6. The highest BCUT2D eigenvalue weighted by Gasteiger charge is 2.42. The van der Waals surface area contributed by atoms with Gasteiger partial charge >= 0.3 is 18.1 Å². The van der Waals surface area contributed by atoms with Gasteiger partial charge in [-0.05, 0) is 69.7 Å². The van der Waals surface area contributed by atoms with Gasteiger partial charge < -0.3 is 19.5 Å². The standard InChI is InChI=1S/C28H28F3NO5/c1-18-10-13-21(14-11-18)35-23-16-20(12-15-22(23)36-25(33)19-8-6-5-7-9-19)24(17-32-27(2,3)4)37-26(34)28(29,30)31/h5-16,24,32H,17H2,1-4H3. The van der Waals surface area contributed by atoms with Crippen LogP contribution in [0, 0.1) is 6.92 Å². The molecule has 9 heteroatoms. The molecule has 3 aromatic rings. The Balaban J connectivity index is 1.98. The van der Waals surface area contributed by atoms with E-state index in [2.05, 4.69) is 5.32 Å². The number of esters is 2.